The number of carbonyl (C=O) groups excluding carboxylic acids is 1. The summed E-state index contributed by atoms with van der Waals surface area (Å²) in [6.45, 7) is 3.69. The van der Waals surface area contributed by atoms with Gasteiger partial charge in [-0.25, -0.2) is 0 Å². The molecule has 0 radical (unpaired) electrons. The number of aromatic nitrogens is 1. The second-order valence-electron chi connectivity index (χ2n) is 6.64. The molecule has 4 rings (SSSR count). The highest BCUT2D eigenvalue weighted by Gasteiger charge is 2.18. The first kappa shape index (κ1) is 18.4. The monoisotopic (exact) mass is 391 g/mol. The van der Waals surface area contributed by atoms with Gasteiger partial charge in [0.15, 0.2) is 0 Å². The molecule has 5 nitrogen and oxygen atoms in total. The summed E-state index contributed by atoms with van der Waals surface area (Å²) in [5, 5.41) is 1.93. The van der Waals surface area contributed by atoms with Crippen LogP contribution in [0.4, 0.5) is 0 Å². The average Bonchev–Trinajstić information content (AvgIpc) is 3.40. The smallest absolute Gasteiger partial charge is 0.254 e. The van der Waals surface area contributed by atoms with Crippen LogP contribution < -0.4 is 4.74 Å². The van der Waals surface area contributed by atoms with Crippen molar-refractivity contribution in [3.8, 4) is 17.0 Å². The molecule has 0 saturated carbocycles. The molecule has 142 valence electrons. The first-order valence-electron chi connectivity index (χ1n) is 9.21. The van der Waals surface area contributed by atoms with Crippen LogP contribution in [0.15, 0.2) is 52.8 Å². The van der Waals surface area contributed by atoms with Gasteiger partial charge in [0.1, 0.15) is 5.75 Å². The van der Waals surface area contributed by atoms with Gasteiger partial charge in [0, 0.05) is 36.3 Å². The molecule has 0 fully saturated rings. The molecule has 1 aliphatic heterocycles. The number of ether oxygens (including phenoxy) is 1. The number of hydrogen-bond acceptors (Lipinski definition) is 5. The highest BCUT2D eigenvalue weighted by Crippen LogP contribution is 2.31. The Labute approximate surface area is 168 Å². The minimum atomic E-state index is -0.0395. The number of rotatable bonds is 6. The minimum absolute atomic E-state index is 0.0395. The fourth-order valence-electron chi connectivity index (χ4n) is 3.39. The van der Waals surface area contributed by atoms with Gasteiger partial charge in [0.05, 0.1) is 18.8 Å². The number of aliphatic imine (C=N–C) groups is 1. The van der Waals surface area contributed by atoms with E-state index in [2.05, 4.69) is 21.5 Å². The van der Waals surface area contributed by atoms with Gasteiger partial charge in [-0.3, -0.25) is 9.79 Å². The van der Waals surface area contributed by atoms with Gasteiger partial charge in [0.2, 0.25) is 0 Å². The van der Waals surface area contributed by atoms with Crippen molar-refractivity contribution in [3.05, 3.63) is 70.1 Å². The highest BCUT2D eigenvalue weighted by molar-refractivity contribution is 7.03. The van der Waals surface area contributed by atoms with Crippen molar-refractivity contribution in [1.82, 2.24) is 9.27 Å². The van der Waals surface area contributed by atoms with Gasteiger partial charge >= 0.3 is 0 Å². The maximum absolute atomic E-state index is 13.0. The maximum atomic E-state index is 13.0. The Hall–Kier alpha value is -2.99. The van der Waals surface area contributed by atoms with E-state index in [9.17, 15) is 4.79 Å². The van der Waals surface area contributed by atoms with Gasteiger partial charge in [-0.2, -0.15) is 4.37 Å². The van der Waals surface area contributed by atoms with Crippen LogP contribution in [-0.2, 0) is 13.1 Å². The summed E-state index contributed by atoms with van der Waals surface area (Å²) < 4.78 is 10.2. The summed E-state index contributed by atoms with van der Waals surface area (Å²) >= 11 is 1.40. The van der Waals surface area contributed by atoms with Crippen LogP contribution in [-0.4, -0.2) is 35.0 Å². The van der Waals surface area contributed by atoms with Gasteiger partial charge in [-0.15, -0.1) is 0 Å². The topological polar surface area (TPSA) is 54.8 Å². The van der Waals surface area contributed by atoms with E-state index >= 15 is 0 Å². The van der Waals surface area contributed by atoms with E-state index in [1.807, 2.05) is 55.9 Å². The van der Waals surface area contributed by atoms with Crippen LogP contribution >= 0.6 is 11.5 Å². The Kier molecular flexibility index (Phi) is 5.21. The molecule has 1 aliphatic rings. The highest BCUT2D eigenvalue weighted by atomic mass is 32.1. The second kappa shape index (κ2) is 7.94. The zero-order chi connectivity index (χ0) is 19.5. The van der Waals surface area contributed by atoms with Crippen molar-refractivity contribution < 1.29 is 9.53 Å². The number of amides is 1. The molecule has 0 N–H and O–H groups in total. The molecule has 0 bridgehead atoms. The Balaban J connectivity index is 1.57. The molecular weight excluding hydrogens is 370 g/mol. The summed E-state index contributed by atoms with van der Waals surface area (Å²) in [7, 11) is 1.83. The van der Waals surface area contributed by atoms with Gasteiger partial charge in [-0.1, -0.05) is 18.2 Å². The predicted molar refractivity (Wildman–Crippen MR) is 112 cm³/mol. The van der Waals surface area contributed by atoms with E-state index < -0.39 is 0 Å². The minimum Gasteiger partial charge on any atom is -0.493 e. The quantitative estimate of drug-likeness (QED) is 0.625. The molecule has 0 unspecified atom stereocenters. The van der Waals surface area contributed by atoms with E-state index in [1.54, 1.807) is 4.90 Å². The Morgan fingerprint density at radius 2 is 2.14 bits per heavy atom. The molecule has 3 aromatic rings. The van der Waals surface area contributed by atoms with Crippen LogP contribution in [0.2, 0.25) is 0 Å². The summed E-state index contributed by atoms with van der Waals surface area (Å²) in [6.07, 6.45) is 1.90. The van der Waals surface area contributed by atoms with E-state index in [1.165, 1.54) is 17.1 Å². The largest absolute Gasteiger partial charge is 0.493 e. The molecule has 0 spiro atoms. The number of hydrogen-bond donors (Lipinski definition) is 0. The third kappa shape index (κ3) is 3.55. The molecular formula is C22H21N3O2S. The SMILES string of the molecule is CCOc1cc(C(=O)N(C)Cc2cccc3c2CN=C3)ccc1-c1ccsn1. The average molecular weight is 391 g/mol. The van der Waals surface area contributed by atoms with Gasteiger partial charge in [0.25, 0.3) is 5.91 Å². The van der Waals surface area contributed by atoms with E-state index in [4.69, 9.17) is 4.74 Å². The van der Waals surface area contributed by atoms with E-state index in [-0.39, 0.29) is 5.91 Å². The van der Waals surface area contributed by atoms with Crippen molar-refractivity contribution in [1.29, 1.82) is 0 Å². The first-order valence-corrected chi connectivity index (χ1v) is 10.0. The number of benzene rings is 2. The molecule has 6 heteroatoms. The third-order valence-corrected chi connectivity index (χ3v) is 5.35. The molecule has 2 aromatic carbocycles. The number of fused-ring (bicyclic) bond motifs is 1. The van der Waals surface area contributed by atoms with Crippen LogP contribution in [0.5, 0.6) is 5.75 Å². The van der Waals surface area contributed by atoms with Crippen molar-refractivity contribution >= 4 is 23.7 Å². The summed E-state index contributed by atoms with van der Waals surface area (Å²) in [6, 6.07) is 13.7. The lowest BCUT2D eigenvalue weighted by Gasteiger charge is -2.20. The fourth-order valence-corrected chi connectivity index (χ4v) is 3.92. The number of nitrogens with zero attached hydrogens (tertiary/aromatic N) is 3. The van der Waals surface area contributed by atoms with Crippen LogP contribution in [0.1, 0.15) is 34.0 Å². The van der Waals surface area contributed by atoms with Crippen molar-refractivity contribution in [2.45, 2.75) is 20.0 Å². The second-order valence-corrected chi connectivity index (χ2v) is 7.31. The van der Waals surface area contributed by atoms with E-state index in [0.717, 1.165) is 22.4 Å². The van der Waals surface area contributed by atoms with Crippen molar-refractivity contribution in [2.75, 3.05) is 13.7 Å². The molecule has 0 atom stereocenters. The Morgan fingerprint density at radius 1 is 1.25 bits per heavy atom. The summed E-state index contributed by atoms with van der Waals surface area (Å²) in [5.74, 6) is 0.643. The lowest BCUT2D eigenvalue weighted by molar-refractivity contribution is 0.0784. The van der Waals surface area contributed by atoms with Crippen LogP contribution in [0.3, 0.4) is 0 Å². The molecule has 1 aromatic heterocycles. The van der Waals surface area contributed by atoms with Crippen molar-refractivity contribution in [3.63, 3.8) is 0 Å². The molecule has 0 aliphatic carbocycles. The maximum Gasteiger partial charge on any atom is 0.254 e. The van der Waals surface area contributed by atoms with Gasteiger partial charge in [-0.05, 0) is 59.4 Å². The van der Waals surface area contributed by atoms with Crippen molar-refractivity contribution in [2.24, 2.45) is 4.99 Å². The lowest BCUT2D eigenvalue weighted by atomic mass is 10.0. The standard InChI is InChI=1S/C22H21N3O2S/c1-3-27-21-11-15(7-8-18(21)20-9-10-28-24-20)22(26)25(2)14-17-6-4-5-16-12-23-13-19(16)17/h4-12H,3,13-14H2,1-2H3. The fraction of sp³-hybridized carbons (Fsp3) is 0.227. The number of carbonyl (C=O) groups is 1. The van der Waals surface area contributed by atoms with Crippen LogP contribution in [0, 0.1) is 0 Å². The Bertz CT molecular complexity index is 1030. The zero-order valence-electron chi connectivity index (χ0n) is 15.9. The predicted octanol–water partition coefficient (Wildman–Crippen LogP) is 4.41. The molecule has 2 heterocycles. The third-order valence-electron chi connectivity index (χ3n) is 4.79. The van der Waals surface area contributed by atoms with Crippen LogP contribution in [0.25, 0.3) is 11.3 Å². The summed E-state index contributed by atoms with van der Waals surface area (Å²) in [4.78, 5) is 19.1. The first-order chi connectivity index (χ1) is 13.7. The normalized spacial score (nSPS) is 12.1. The van der Waals surface area contributed by atoms with Gasteiger partial charge < -0.3 is 9.64 Å². The lowest BCUT2D eigenvalue weighted by Crippen LogP contribution is -2.26. The molecule has 1 amide bonds. The summed E-state index contributed by atoms with van der Waals surface area (Å²) in [5.41, 5.74) is 5.85. The molecule has 0 saturated heterocycles. The van der Waals surface area contributed by atoms with E-state index in [0.29, 0.717) is 31.0 Å². The Morgan fingerprint density at radius 3 is 2.93 bits per heavy atom. The molecule has 28 heavy (non-hydrogen) atoms. The zero-order valence-corrected chi connectivity index (χ0v) is 16.7.